The van der Waals surface area contributed by atoms with Crippen molar-refractivity contribution in [3.8, 4) is 22.5 Å². The minimum absolute atomic E-state index is 0.0609. The molecule has 0 aliphatic heterocycles. The van der Waals surface area contributed by atoms with Gasteiger partial charge in [0.25, 0.3) is 5.91 Å². The van der Waals surface area contributed by atoms with E-state index in [1.807, 2.05) is 39.2 Å². The highest BCUT2D eigenvalue weighted by atomic mass is 19.1. The highest BCUT2D eigenvalue weighted by Crippen LogP contribution is 2.30. The SMILES string of the molecule is CC(C)c1ccc(C(=O)NCc2ccc(-c3ncnc4[nH]c(-c5cnn(C)c5)cc34)cc2F)cn1. The van der Waals surface area contributed by atoms with E-state index < -0.39 is 5.82 Å². The van der Waals surface area contributed by atoms with Crippen molar-refractivity contribution in [1.82, 2.24) is 35.0 Å². The number of amides is 1. The molecule has 0 atom stereocenters. The normalized spacial score (nSPS) is 11.3. The standard InChI is InChI=1S/C26H24FN7O/c1-15(2)22-7-6-18(11-28-22)26(35)29-10-17-5-4-16(8-21(17)27)24-20-9-23(19-12-32-34(3)13-19)33-25(20)31-14-30-24/h4-9,11-15H,10H2,1-3H3,(H,29,35)(H,30,31,33). The molecule has 1 aromatic carbocycles. The largest absolute Gasteiger partial charge is 0.348 e. The van der Waals surface area contributed by atoms with E-state index >= 15 is 0 Å². The molecular formula is C26H24FN7O. The van der Waals surface area contributed by atoms with Gasteiger partial charge < -0.3 is 10.3 Å². The topological polar surface area (TPSA) is 101 Å². The third-order valence-electron chi connectivity index (χ3n) is 5.85. The highest BCUT2D eigenvalue weighted by molar-refractivity contribution is 5.94. The molecule has 35 heavy (non-hydrogen) atoms. The van der Waals surface area contributed by atoms with Crippen molar-refractivity contribution >= 4 is 16.9 Å². The Labute approximate surface area is 201 Å². The molecule has 0 aliphatic carbocycles. The van der Waals surface area contributed by atoms with E-state index in [1.54, 1.807) is 35.3 Å². The number of aromatic amines is 1. The summed E-state index contributed by atoms with van der Waals surface area (Å²) in [6.45, 7) is 4.14. The first-order valence-electron chi connectivity index (χ1n) is 11.2. The predicted octanol–water partition coefficient (Wildman–Crippen LogP) is 4.61. The quantitative estimate of drug-likeness (QED) is 0.378. The summed E-state index contributed by atoms with van der Waals surface area (Å²) in [5, 5.41) is 7.74. The van der Waals surface area contributed by atoms with Crippen LogP contribution in [0.1, 0.15) is 41.4 Å². The molecule has 9 heteroatoms. The van der Waals surface area contributed by atoms with Crippen LogP contribution in [-0.2, 0) is 13.6 Å². The molecule has 0 unspecified atom stereocenters. The number of pyridine rings is 1. The van der Waals surface area contributed by atoms with Gasteiger partial charge in [-0.05, 0) is 30.2 Å². The average molecular weight is 470 g/mol. The molecule has 5 rings (SSSR count). The molecule has 8 nitrogen and oxygen atoms in total. The summed E-state index contributed by atoms with van der Waals surface area (Å²) in [4.78, 5) is 28.8. The van der Waals surface area contributed by atoms with Crippen LogP contribution in [0.25, 0.3) is 33.5 Å². The summed E-state index contributed by atoms with van der Waals surface area (Å²) in [5.41, 5.74) is 5.39. The predicted molar refractivity (Wildman–Crippen MR) is 131 cm³/mol. The Morgan fingerprint density at radius 1 is 1.09 bits per heavy atom. The molecule has 0 saturated carbocycles. The number of rotatable bonds is 6. The second-order valence-electron chi connectivity index (χ2n) is 8.69. The summed E-state index contributed by atoms with van der Waals surface area (Å²) in [6, 6.07) is 10.4. The van der Waals surface area contributed by atoms with Crippen LogP contribution in [0.4, 0.5) is 4.39 Å². The van der Waals surface area contributed by atoms with Crippen LogP contribution in [0, 0.1) is 5.82 Å². The van der Waals surface area contributed by atoms with E-state index in [0.29, 0.717) is 28.0 Å². The molecule has 0 bridgehead atoms. The molecule has 176 valence electrons. The van der Waals surface area contributed by atoms with Crippen molar-refractivity contribution in [2.45, 2.75) is 26.3 Å². The number of nitrogens with one attached hydrogen (secondary N) is 2. The third kappa shape index (κ3) is 4.52. The fourth-order valence-electron chi connectivity index (χ4n) is 3.88. The summed E-state index contributed by atoms with van der Waals surface area (Å²) in [7, 11) is 1.85. The number of aromatic nitrogens is 6. The van der Waals surface area contributed by atoms with E-state index in [4.69, 9.17) is 0 Å². The molecule has 4 heterocycles. The number of benzene rings is 1. The van der Waals surface area contributed by atoms with Crippen LogP contribution >= 0.6 is 0 Å². The van der Waals surface area contributed by atoms with Crippen LogP contribution in [0.2, 0.25) is 0 Å². The maximum atomic E-state index is 15.0. The molecule has 0 spiro atoms. The van der Waals surface area contributed by atoms with Gasteiger partial charge in [-0.25, -0.2) is 14.4 Å². The monoisotopic (exact) mass is 469 g/mol. The van der Waals surface area contributed by atoms with Crippen molar-refractivity contribution in [3.05, 3.63) is 84.0 Å². The summed E-state index contributed by atoms with van der Waals surface area (Å²) < 4.78 is 16.7. The van der Waals surface area contributed by atoms with E-state index in [0.717, 1.165) is 22.3 Å². The Bertz CT molecular complexity index is 1520. The minimum Gasteiger partial charge on any atom is -0.348 e. The van der Waals surface area contributed by atoms with Crippen LogP contribution < -0.4 is 5.32 Å². The van der Waals surface area contributed by atoms with Crippen molar-refractivity contribution < 1.29 is 9.18 Å². The first kappa shape index (κ1) is 22.4. The van der Waals surface area contributed by atoms with Crippen molar-refractivity contribution in [1.29, 1.82) is 0 Å². The first-order chi connectivity index (χ1) is 16.9. The van der Waals surface area contributed by atoms with Gasteiger partial charge in [-0.15, -0.1) is 0 Å². The van der Waals surface area contributed by atoms with Gasteiger partial charge >= 0.3 is 0 Å². The summed E-state index contributed by atoms with van der Waals surface area (Å²) in [6.07, 6.45) is 6.65. The fourth-order valence-corrected chi connectivity index (χ4v) is 3.88. The lowest BCUT2D eigenvalue weighted by atomic mass is 10.1. The van der Waals surface area contributed by atoms with Gasteiger partial charge in [-0.2, -0.15) is 5.10 Å². The number of aryl methyl sites for hydroxylation is 1. The molecule has 0 aliphatic rings. The lowest BCUT2D eigenvalue weighted by molar-refractivity contribution is 0.0950. The van der Waals surface area contributed by atoms with Crippen molar-refractivity contribution in [3.63, 3.8) is 0 Å². The Hall–Kier alpha value is -4.40. The van der Waals surface area contributed by atoms with Gasteiger partial charge in [-0.3, -0.25) is 14.5 Å². The molecule has 0 saturated heterocycles. The maximum Gasteiger partial charge on any atom is 0.253 e. The number of carbonyl (C=O) groups excluding carboxylic acids is 1. The number of H-pyrrole nitrogens is 1. The molecule has 0 fully saturated rings. The smallest absolute Gasteiger partial charge is 0.253 e. The number of nitrogens with zero attached hydrogens (tertiary/aromatic N) is 5. The fraction of sp³-hybridized carbons (Fsp3) is 0.192. The molecule has 1 amide bonds. The Morgan fingerprint density at radius 3 is 2.63 bits per heavy atom. The molecule has 2 N–H and O–H groups in total. The maximum absolute atomic E-state index is 15.0. The third-order valence-corrected chi connectivity index (χ3v) is 5.85. The zero-order valence-corrected chi connectivity index (χ0v) is 19.6. The van der Waals surface area contributed by atoms with Crippen LogP contribution in [0.5, 0.6) is 0 Å². The van der Waals surface area contributed by atoms with Gasteiger partial charge in [0.2, 0.25) is 0 Å². The van der Waals surface area contributed by atoms with Crippen molar-refractivity contribution in [2.75, 3.05) is 0 Å². The Balaban J connectivity index is 1.35. The zero-order valence-electron chi connectivity index (χ0n) is 19.6. The van der Waals surface area contributed by atoms with E-state index in [2.05, 4.69) is 30.4 Å². The number of hydrogen-bond acceptors (Lipinski definition) is 5. The number of carbonyl (C=O) groups is 1. The second kappa shape index (κ2) is 9.09. The molecule has 5 aromatic rings. The van der Waals surface area contributed by atoms with Crippen molar-refractivity contribution in [2.24, 2.45) is 7.05 Å². The molecule has 0 radical (unpaired) electrons. The second-order valence-corrected chi connectivity index (χ2v) is 8.69. The Morgan fingerprint density at radius 2 is 1.94 bits per heavy atom. The lowest BCUT2D eigenvalue weighted by Gasteiger charge is -2.09. The lowest BCUT2D eigenvalue weighted by Crippen LogP contribution is -2.23. The van der Waals surface area contributed by atoms with Gasteiger partial charge in [0.15, 0.2) is 0 Å². The first-order valence-corrected chi connectivity index (χ1v) is 11.2. The van der Waals surface area contributed by atoms with E-state index in [1.165, 1.54) is 12.4 Å². The number of hydrogen-bond donors (Lipinski definition) is 2. The zero-order chi connectivity index (χ0) is 24.5. The van der Waals surface area contributed by atoms with Gasteiger partial charge in [0.05, 0.1) is 23.1 Å². The van der Waals surface area contributed by atoms with Crippen LogP contribution in [0.3, 0.4) is 0 Å². The molecular weight excluding hydrogens is 445 g/mol. The van der Waals surface area contributed by atoms with Crippen LogP contribution in [0.15, 0.2) is 61.3 Å². The summed E-state index contributed by atoms with van der Waals surface area (Å²) in [5.74, 6) is -0.445. The minimum atomic E-state index is -0.425. The average Bonchev–Trinajstić information content (AvgIpc) is 3.49. The highest BCUT2D eigenvalue weighted by Gasteiger charge is 2.14. The number of halogens is 1. The number of fused-ring (bicyclic) bond motifs is 1. The van der Waals surface area contributed by atoms with E-state index in [-0.39, 0.29) is 18.4 Å². The van der Waals surface area contributed by atoms with Gasteiger partial charge in [0, 0.05) is 53.8 Å². The summed E-state index contributed by atoms with van der Waals surface area (Å²) >= 11 is 0. The van der Waals surface area contributed by atoms with Crippen LogP contribution in [-0.4, -0.2) is 35.6 Å². The van der Waals surface area contributed by atoms with Gasteiger partial charge in [-0.1, -0.05) is 26.0 Å². The molecule has 4 aromatic heterocycles. The Kier molecular flexibility index (Phi) is 5.82. The van der Waals surface area contributed by atoms with Gasteiger partial charge in [0.1, 0.15) is 17.8 Å². The van der Waals surface area contributed by atoms with E-state index in [9.17, 15) is 9.18 Å².